The minimum atomic E-state index is -3.56. The van der Waals surface area contributed by atoms with Gasteiger partial charge in [-0.25, -0.2) is 0 Å². The van der Waals surface area contributed by atoms with E-state index < -0.39 is 17.5 Å². The van der Waals surface area contributed by atoms with Gasteiger partial charge in [0.2, 0.25) is 0 Å². The molecular weight excluding hydrogens is 388 g/mol. The molecule has 3 nitrogen and oxygen atoms in total. The van der Waals surface area contributed by atoms with Crippen LogP contribution in [0.3, 0.4) is 0 Å². The summed E-state index contributed by atoms with van der Waals surface area (Å²) in [4.78, 5) is 0. The molecule has 0 N–H and O–H groups in total. The Bertz CT molecular complexity index is 531. The third-order valence-corrected chi connectivity index (χ3v) is 4.90. The molecule has 1 atom stereocenters. The Balaban J connectivity index is 0.00000162. The van der Waals surface area contributed by atoms with Gasteiger partial charge in [-0.05, 0) is 17.4 Å². The van der Waals surface area contributed by atoms with Gasteiger partial charge in [0, 0.05) is 0 Å². The van der Waals surface area contributed by atoms with Crippen LogP contribution in [0.5, 0.6) is 5.75 Å². The number of para-hydroxylation sites is 1. The van der Waals surface area contributed by atoms with Gasteiger partial charge in [-0.2, -0.15) is 8.42 Å². The van der Waals surface area contributed by atoms with Crippen molar-refractivity contribution in [1.82, 2.24) is 0 Å². The Morgan fingerprint density at radius 1 is 0.889 bits per heavy atom. The van der Waals surface area contributed by atoms with Crippen molar-refractivity contribution in [3.05, 3.63) is 60.7 Å². The molecule has 2 aromatic rings. The van der Waals surface area contributed by atoms with E-state index in [9.17, 15) is 8.42 Å². The van der Waals surface area contributed by atoms with E-state index in [2.05, 4.69) is 0 Å². The van der Waals surface area contributed by atoms with Crippen molar-refractivity contribution in [1.29, 1.82) is 0 Å². The summed E-state index contributed by atoms with van der Waals surface area (Å²) < 4.78 is 28.5. The van der Waals surface area contributed by atoms with E-state index in [-0.39, 0.29) is 70.3 Å². The van der Waals surface area contributed by atoms with Gasteiger partial charge >= 0.3 is 78.6 Å². The van der Waals surface area contributed by atoms with Crippen LogP contribution >= 0.6 is 7.78 Å². The van der Waals surface area contributed by atoms with Crippen LogP contribution in [0.25, 0.3) is 0 Å². The van der Waals surface area contributed by atoms with Crippen molar-refractivity contribution >= 4 is 22.8 Å². The Hall–Kier alpha value is 0.672. The molecule has 2 aromatic carbocycles. The fraction of sp³-hybridized carbons (Fsp3) is 0. The second-order valence-corrected chi connectivity index (χ2v) is 7.29. The van der Waals surface area contributed by atoms with E-state index in [4.69, 9.17) is 4.18 Å². The molecule has 90 valence electrons. The molecule has 0 aliphatic heterocycles. The van der Waals surface area contributed by atoms with Crippen LogP contribution in [0.15, 0.2) is 60.7 Å². The zero-order chi connectivity index (χ0) is 12.1. The van der Waals surface area contributed by atoms with E-state index in [1.807, 2.05) is 6.07 Å². The molecule has 0 saturated carbocycles. The average Bonchev–Trinajstić information content (AvgIpc) is 2.30. The van der Waals surface area contributed by atoms with Gasteiger partial charge in [0.1, 0.15) is 5.75 Å². The van der Waals surface area contributed by atoms with E-state index in [1.54, 1.807) is 54.6 Å². The van der Waals surface area contributed by atoms with Crippen molar-refractivity contribution in [3.8, 4) is 5.75 Å². The molecule has 0 saturated heterocycles. The Morgan fingerprint density at radius 3 is 1.94 bits per heavy atom. The average molecular weight is 400 g/mol. The molecule has 0 amide bonds. The maximum absolute atomic E-state index is 11.8. The van der Waals surface area contributed by atoms with Gasteiger partial charge in [-0.1, -0.05) is 48.5 Å². The molecule has 6 heteroatoms. The molecule has 0 radical (unpaired) electrons. The first-order valence-electron chi connectivity index (χ1n) is 4.98. The molecule has 18 heavy (non-hydrogen) atoms. The number of rotatable bonds is 4. The van der Waals surface area contributed by atoms with Crippen molar-refractivity contribution in [3.63, 3.8) is 0 Å². The van der Waals surface area contributed by atoms with Crippen molar-refractivity contribution < 1.29 is 82.9 Å². The first-order valence-corrected chi connectivity index (χ1v) is 8.11. The minimum absolute atomic E-state index is 0. The molecule has 0 spiro atoms. The monoisotopic (exact) mass is 400 g/mol. The predicted octanol–water partition coefficient (Wildman–Crippen LogP) is -0.569. The maximum atomic E-state index is 11.8. The third-order valence-electron chi connectivity index (χ3n) is 1.97. The smallest absolute Gasteiger partial charge is 1.00 e. The summed E-state index contributed by atoms with van der Waals surface area (Å²) in [6, 6.07) is 17.5. The fourth-order valence-corrected chi connectivity index (χ4v) is 3.99. The van der Waals surface area contributed by atoms with Gasteiger partial charge < -0.3 is 5.61 Å². The van der Waals surface area contributed by atoms with Crippen LogP contribution < -0.4 is 78.4 Å². The third kappa shape index (κ3) is 5.76. The van der Waals surface area contributed by atoms with Gasteiger partial charge in [0.15, 0.2) is 0 Å². The van der Waals surface area contributed by atoms with Crippen LogP contribution in [-0.4, -0.2) is 8.42 Å². The summed E-state index contributed by atoms with van der Waals surface area (Å²) in [6.45, 7) is 0. The molecular formula is C12H12CsO3PS. The summed E-state index contributed by atoms with van der Waals surface area (Å²) in [6.07, 6.45) is 0. The summed E-state index contributed by atoms with van der Waals surface area (Å²) in [7, 11) is -3.95. The maximum Gasteiger partial charge on any atom is 1.00 e. The Kier molecular flexibility index (Phi) is 7.50. The second kappa shape index (κ2) is 8.07. The minimum Gasteiger partial charge on any atom is -1.00 e. The summed E-state index contributed by atoms with van der Waals surface area (Å²) in [5, 5.41) is 0.739. The van der Waals surface area contributed by atoms with Crippen molar-refractivity contribution in [2.45, 2.75) is 0 Å². The molecule has 0 aliphatic rings. The molecule has 0 fully saturated rings. The van der Waals surface area contributed by atoms with Crippen LogP contribution in [-0.2, 0) is 9.74 Å². The van der Waals surface area contributed by atoms with Gasteiger partial charge in [-0.15, -0.1) is 0 Å². The summed E-state index contributed by atoms with van der Waals surface area (Å²) >= 11 is 0. The molecule has 0 aliphatic carbocycles. The van der Waals surface area contributed by atoms with Crippen LogP contribution in [0, 0.1) is 0 Å². The van der Waals surface area contributed by atoms with E-state index in [0.717, 1.165) is 5.30 Å². The Morgan fingerprint density at radius 2 is 1.39 bits per heavy atom. The molecule has 0 heterocycles. The van der Waals surface area contributed by atoms with E-state index >= 15 is 0 Å². The second-order valence-electron chi connectivity index (χ2n) is 3.32. The van der Waals surface area contributed by atoms with Gasteiger partial charge in [0.05, 0.1) is 7.78 Å². The van der Waals surface area contributed by atoms with Crippen LogP contribution in [0.1, 0.15) is 1.43 Å². The SMILES string of the molecule is O=S(=O)(Oc1ccccc1)Pc1ccccc1.[Cs+].[H-]. The van der Waals surface area contributed by atoms with Gasteiger partial charge in [-0.3, -0.25) is 0 Å². The quantitative estimate of drug-likeness (QED) is 0.646. The molecule has 0 bridgehead atoms. The van der Waals surface area contributed by atoms with Crippen LogP contribution in [0.2, 0.25) is 0 Å². The normalized spacial score (nSPS) is 11.1. The van der Waals surface area contributed by atoms with Crippen molar-refractivity contribution in [2.75, 3.05) is 0 Å². The van der Waals surface area contributed by atoms with E-state index in [1.165, 1.54) is 0 Å². The Labute approximate surface area is 169 Å². The predicted molar refractivity (Wildman–Crippen MR) is 71.5 cm³/mol. The van der Waals surface area contributed by atoms with Gasteiger partial charge in [0.25, 0.3) is 0 Å². The van der Waals surface area contributed by atoms with E-state index in [0.29, 0.717) is 5.75 Å². The first-order chi connectivity index (χ1) is 8.16. The summed E-state index contributed by atoms with van der Waals surface area (Å²) in [5.41, 5.74) is 0. The standard InChI is InChI=1S/C12H11O3PS.Cs.H/c13-17(14,15-11-7-3-1-4-8-11)16-12-9-5-2-6-10-12;;/h1-10,16H;;/q;+1;-1. The largest absolute Gasteiger partial charge is 1.00 e. The first kappa shape index (κ1) is 16.7. The zero-order valence-electron chi connectivity index (χ0n) is 10.9. The molecule has 0 aromatic heterocycles. The number of benzene rings is 2. The zero-order valence-corrected chi connectivity index (χ0v) is 18.0. The van der Waals surface area contributed by atoms with Crippen LogP contribution in [0.4, 0.5) is 0 Å². The number of hydrogen-bond acceptors (Lipinski definition) is 3. The number of hydrogen-bond donors (Lipinski definition) is 0. The molecule has 1 unspecified atom stereocenters. The topological polar surface area (TPSA) is 43.4 Å². The fourth-order valence-electron chi connectivity index (χ4n) is 1.27. The van der Waals surface area contributed by atoms with Crippen molar-refractivity contribution in [2.24, 2.45) is 0 Å². The summed E-state index contributed by atoms with van der Waals surface area (Å²) in [5.74, 6) is 0.343. The molecule has 2 rings (SSSR count).